The first kappa shape index (κ1) is 13.5. The molecule has 0 spiro atoms. The Morgan fingerprint density at radius 3 is 3.00 bits per heavy atom. The highest BCUT2D eigenvalue weighted by Gasteiger charge is 2.34. The standard InChI is InChI=1S/C13H20N2O2S/c1-14(2)8-10-6-11(16)9-15(10)13(17)7-12-4-3-5-18-12/h3-5,10-11,16H,6-9H2,1-2H3. The number of rotatable bonds is 4. The molecule has 2 atom stereocenters. The molecule has 1 fully saturated rings. The van der Waals surface area contributed by atoms with E-state index in [9.17, 15) is 9.90 Å². The van der Waals surface area contributed by atoms with Crippen molar-refractivity contribution in [2.75, 3.05) is 27.2 Å². The third-order valence-corrected chi connectivity index (χ3v) is 4.07. The van der Waals surface area contributed by atoms with Crippen LogP contribution in [0.4, 0.5) is 0 Å². The third kappa shape index (κ3) is 3.31. The van der Waals surface area contributed by atoms with Gasteiger partial charge in [-0.3, -0.25) is 4.79 Å². The summed E-state index contributed by atoms with van der Waals surface area (Å²) in [6.45, 7) is 1.29. The highest BCUT2D eigenvalue weighted by atomic mass is 32.1. The number of hydrogen-bond acceptors (Lipinski definition) is 4. The highest BCUT2D eigenvalue weighted by Crippen LogP contribution is 2.20. The molecule has 0 bridgehead atoms. The Morgan fingerprint density at radius 1 is 1.61 bits per heavy atom. The van der Waals surface area contributed by atoms with Crippen LogP contribution in [-0.4, -0.2) is 60.1 Å². The van der Waals surface area contributed by atoms with E-state index in [-0.39, 0.29) is 18.1 Å². The summed E-state index contributed by atoms with van der Waals surface area (Å²) in [5.74, 6) is 0.126. The summed E-state index contributed by atoms with van der Waals surface area (Å²) >= 11 is 1.61. The zero-order valence-corrected chi connectivity index (χ0v) is 11.7. The minimum atomic E-state index is -0.373. The van der Waals surface area contributed by atoms with Crippen LogP contribution in [0.2, 0.25) is 0 Å². The van der Waals surface area contributed by atoms with E-state index < -0.39 is 0 Å². The predicted molar refractivity (Wildman–Crippen MR) is 72.7 cm³/mol. The van der Waals surface area contributed by atoms with E-state index in [0.717, 1.165) is 11.4 Å². The van der Waals surface area contributed by atoms with Gasteiger partial charge in [0, 0.05) is 24.0 Å². The summed E-state index contributed by atoms with van der Waals surface area (Å²) in [7, 11) is 3.99. The number of β-amino-alcohol motifs (C(OH)–C–C–N with tert-alkyl or cyclic N) is 1. The lowest BCUT2D eigenvalue weighted by atomic mass is 10.2. The molecule has 1 saturated heterocycles. The van der Waals surface area contributed by atoms with Crippen molar-refractivity contribution in [3.05, 3.63) is 22.4 Å². The van der Waals surface area contributed by atoms with Crippen LogP contribution in [0.1, 0.15) is 11.3 Å². The number of amides is 1. The molecule has 0 aromatic carbocycles. The molecule has 2 rings (SSSR count). The Kier molecular flexibility index (Phi) is 4.37. The lowest BCUT2D eigenvalue weighted by Crippen LogP contribution is -2.42. The zero-order chi connectivity index (χ0) is 13.1. The molecule has 18 heavy (non-hydrogen) atoms. The van der Waals surface area contributed by atoms with Gasteiger partial charge < -0.3 is 14.9 Å². The second-order valence-electron chi connectivity index (χ2n) is 5.11. The number of carbonyl (C=O) groups is 1. The minimum absolute atomic E-state index is 0.126. The number of thiophene rings is 1. The molecule has 5 heteroatoms. The van der Waals surface area contributed by atoms with Gasteiger partial charge in [-0.05, 0) is 32.0 Å². The average molecular weight is 268 g/mol. The summed E-state index contributed by atoms with van der Waals surface area (Å²) < 4.78 is 0. The van der Waals surface area contributed by atoms with Crippen molar-refractivity contribution in [3.8, 4) is 0 Å². The van der Waals surface area contributed by atoms with Crippen molar-refractivity contribution in [3.63, 3.8) is 0 Å². The van der Waals surface area contributed by atoms with Crippen LogP contribution >= 0.6 is 11.3 Å². The molecule has 2 unspecified atom stereocenters. The van der Waals surface area contributed by atoms with Gasteiger partial charge in [-0.25, -0.2) is 0 Å². The number of nitrogens with zero attached hydrogens (tertiary/aromatic N) is 2. The SMILES string of the molecule is CN(C)CC1CC(O)CN1C(=O)Cc1cccs1. The topological polar surface area (TPSA) is 43.8 Å². The van der Waals surface area contributed by atoms with Crippen LogP contribution in [0.25, 0.3) is 0 Å². The normalized spacial score (nSPS) is 23.9. The van der Waals surface area contributed by atoms with Gasteiger partial charge in [-0.15, -0.1) is 11.3 Å². The van der Waals surface area contributed by atoms with Crippen molar-refractivity contribution in [2.24, 2.45) is 0 Å². The quantitative estimate of drug-likeness (QED) is 0.879. The predicted octanol–water partition coefficient (Wildman–Crippen LogP) is 0.814. The molecule has 0 radical (unpaired) electrons. The van der Waals surface area contributed by atoms with Crippen molar-refractivity contribution < 1.29 is 9.90 Å². The molecule has 4 nitrogen and oxygen atoms in total. The van der Waals surface area contributed by atoms with Crippen molar-refractivity contribution in [2.45, 2.75) is 25.0 Å². The van der Waals surface area contributed by atoms with E-state index in [1.807, 2.05) is 36.5 Å². The summed E-state index contributed by atoms with van der Waals surface area (Å²) in [5, 5.41) is 11.7. The van der Waals surface area contributed by atoms with Gasteiger partial charge in [0.2, 0.25) is 5.91 Å². The first-order valence-corrected chi connectivity index (χ1v) is 7.09. The van der Waals surface area contributed by atoms with Gasteiger partial charge in [0.05, 0.1) is 12.5 Å². The molecule has 1 aromatic heterocycles. The lowest BCUT2D eigenvalue weighted by Gasteiger charge is -2.26. The summed E-state index contributed by atoms with van der Waals surface area (Å²) in [4.78, 5) is 17.2. The Balaban J connectivity index is 1.98. The smallest absolute Gasteiger partial charge is 0.228 e. The summed E-state index contributed by atoms with van der Waals surface area (Å²) in [6, 6.07) is 4.09. The van der Waals surface area contributed by atoms with E-state index >= 15 is 0 Å². The van der Waals surface area contributed by atoms with Gasteiger partial charge in [-0.2, -0.15) is 0 Å². The first-order valence-electron chi connectivity index (χ1n) is 6.21. The Hall–Kier alpha value is -0.910. The average Bonchev–Trinajstić information content (AvgIpc) is 2.87. The molecule has 2 heterocycles. The molecular formula is C13H20N2O2S. The van der Waals surface area contributed by atoms with E-state index in [1.54, 1.807) is 11.3 Å². The second-order valence-corrected chi connectivity index (χ2v) is 6.14. The van der Waals surface area contributed by atoms with Crippen molar-refractivity contribution in [1.82, 2.24) is 9.80 Å². The maximum Gasteiger partial charge on any atom is 0.228 e. The summed E-state index contributed by atoms with van der Waals surface area (Å²) in [5.41, 5.74) is 0. The van der Waals surface area contributed by atoms with E-state index in [4.69, 9.17) is 0 Å². The van der Waals surface area contributed by atoms with Crippen LogP contribution in [-0.2, 0) is 11.2 Å². The molecule has 1 aromatic rings. The highest BCUT2D eigenvalue weighted by molar-refractivity contribution is 7.10. The Labute approximate surface area is 112 Å². The van der Waals surface area contributed by atoms with Crippen LogP contribution in [0.3, 0.4) is 0 Å². The minimum Gasteiger partial charge on any atom is -0.391 e. The van der Waals surface area contributed by atoms with Gasteiger partial charge >= 0.3 is 0 Å². The Bertz CT molecular complexity index is 392. The van der Waals surface area contributed by atoms with Crippen molar-refractivity contribution in [1.29, 1.82) is 0 Å². The fourth-order valence-electron chi connectivity index (χ4n) is 2.46. The van der Waals surface area contributed by atoms with E-state index in [0.29, 0.717) is 19.4 Å². The maximum atomic E-state index is 12.3. The molecule has 0 aliphatic carbocycles. The fraction of sp³-hybridized carbons (Fsp3) is 0.615. The second kappa shape index (κ2) is 5.82. The number of likely N-dealkylation sites (tertiary alicyclic amines) is 1. The number of aliphatic hydroxyl groups is 1. The van der Waals surface area contributed by atoms with Crippen molar-refractivity contribution >= 4 is 17.2 Å². The molecular weight excluding hydrogens is 248 g/mol. The number of hydrogen-bond donors (Lipinski definition) is 1. The van der Waals surface area contributed by atoms with E-state index in [1.165, 1.54) is 0 Å². The molecule has 100 valence electrons. The zero-order valence-electron chi connectivity index (χ0n) is 10.9. The molecule has 1 aliphatic heterocycles. The van der Waals surface area contributed by atoms with Crippen LogP contribution in [0.5, 0.6) is 0 Å². The van der Waals surface area contributed by atoms with Crippen LogP contribution in [0.15, 0.2) is 17.5 Å². The summed E-state index contributed by atoms with van der Waals surface area (Å²) in [6.07, 6.45) is 0.769. The van der Waals surface area contributed by atoms with Gasteiger partial charge in [0.15, 0.2) is 0 Å². The molecule has 1 N–H and O–H groups in total. The fourth-order valence-corrected chi connectivity index (χ4v) is 3.15. The van der Waals surface area contributed by atoms with Gasteiger partial charge in [0.25, 0.3) is 0 Å². The van der Waals surface area contributed by atoms with Gasteiger partial charge in [0.1, 0.15) is 0 Å². The molecule has 1 amide bonds. The van der Waals surface area contributed by atoms with E-state index in [2.05, 4.69) is 4.90 Å². The Morgan fingerprint density at radius 2 is 2.39 bits per heavy atom. The van der Waals surface area contributed by atoms with Gasteiger partial charge in [-0.1, -0.05) is 6.07 Å². The molecule has 0 saturated carbocycles. The maximum absolute atomic E-state index is 12.3. The molecule has 1 aliphatic rings. The third-order valence-electron chi connectivity index (χ3n) is 3.19. The van der Waals surface area contributed by atoms with Crippen LogP contribution < -0.4 is 0 Å². The number of likely N-dealkylation sites (N-methyl/N-ethyl adjacent to an activating group) is 1. The lowest BCUT2D eigenvalue weighted by molar-refractivity contribution is -0.131. The van der Waals surface area contributed by atoms with Crippen LogP contribution in [0, 0.1) is 0 Å². The first-order chi connectivity index (χ1) is 8.56. The monoisotopic (exact) mass is 268 g/mol. The number of carbonyl (C=O) groups excluding carboxylic acids is 1. The number of aliphatic hydroxyl groups excluding tert-OH is 1. The largest absolute Gasteiger partial charge is 0.391 e.